The predicted octanol–water partition coefficient (Wildman–Crippen LogP) is 3.41. The molecule has 0 saturated carbocycles. The van der Waals surface area contributed by atoms with Crippen molar-refractivity contribution in [2.24, 2.45) is 0 Å². The van der Waals surface area contributed by atoms with Gasteiger partial charge in [0.25, 0.3) is 5.91 Å². The van der Waals surface area contributed by atoms with E-state index in [0.29, 0.717) is 45.5 Å². The van der Waals surface area contributed by atoms with Crippen LogP contribution in [0.3, 0.4) is 0 Å². The average Bonchev–Trinajstić information content (AvgIpc) is 2.99. The van der Waals surface area contributed by atoms with E-state index in [4.69, 9.17) is 18.6 Å². The van der Waals surface area contributed by atoms with E-state index in [2.05, 4.69) is 10.3 Å². The van der Waals surface area contributed by atoms with Crippen LogP contribution in [0.5, 0.6) is 17.2 Å². The fourth-order valence-electron chi connectivity index (χ4n) is 2.54. The van der Waals surface area contributed by atoms with Gasteiger partial charge in [0.1, 0.15) is 5.52 Å². The molecular formula is C18H18N2O5. The summed E-state index contributed by atoms with van der Waals surface area (Å²) >= 11 is 0. The molecule has 0 unspecified atom stereocenters. The zero-order chi connectivity index (χ0) is 18.0. The van der Waals surface area contributed by atoms with Crippen LogP contribution in [-0.4, -0.2) is 32.2 Å². The second-order valence-electron chi connectivity index (χ2n) is 5.28. The standard InChI is InChI=1S/C18H18N2O5/c1-10-19-13-6-5-11(7-14(13)25-10)18(21)20-12-8-15(22-2)17(24-4)16(9-12)23-3/h5-9H,1-4H3,(H,20,21). The van der Waals surface area contributed by atoms with E-state index in [1.165, 1.54) is 21.3 Å². The Morgan fingerprint density at radius 2 is 1.72 bits per heavy atom. The molecule has 0 atom stereocenters. The molecule has 3 aromatic rings. The van der Waals surface area contributed by atoms with Crippen LogP contribution in [0.25, 0.3) is 11.1 Å². The third-order valence-corrected chi connectivity index (χ3v) is 3.68. The maximum Gasteiger partial charge on any atom is 0.255 e. The highest BCUT2D eigenvalue weighted by Crippen LogP contribution is 2.40. The van der Waals surface area contributed by atoms with Crippen LogP contribution >= 0.6 is 0 Å². The Kier molecular flexibility index (Phi) is 4.47. The van der Waals surface area contributed by atoms with Gasteiger partial charge in [-0.15, -0.1) is 0 Å². The minimum atomic E-state index is -0.287. The summed E-state index contributed by atoms with van der Waals surface area (Å²) in [6, 6.07) is 8.42. The van der Waals surface area contributed by atoms with E-state index in [-0.39, 0.29) is 5.91 Å². The molecule has 0 bridgehead atoms. The maximum absolute atomic E-state index is 12.5. The van der Waals surface area contributed by atoms with Crippen molar-refractivity contribution in [1.82, 2.24) is 4.98 Å². The van der Waals surface area contributed by atoms with Crippen LogP contribution in [0.4, 0.5) is 5.69 Å². The molecular weight excluding hydrogens is 324 g/mol. The highest BCUT2D eigenvalue weighted by atomic mass is 16.5. The van der Waals surface area contributed by atoms with Crippen LogP contribution in [-0.2, 0) is 0 Å². The summed E-state index contributed by atoms with van der Waals surface area (Å²) in [5.74, 6) is 1.64. The largest absolute Gasteiger partial charge is 0.493 e. The Morgan fingerprint density at radius 3 is 2.32 bits per heavy atom. The van der Waals surface area contributed by atoms with Gasteiger partial charge >= 0.3 is 0 Å². The summed E-state index contributed by atoms with van der Waals surface area (Å²) < 4.78 is 21.3. The lowest BCUT2D eigenvalue weighted by atomic mass is 10.2. The van der Waals surface area contributed by atoms with Crippen molar-refractivity contribution in [3.8, 4) is 17.2 Å². The van der Waals surface area contributed by atoms with E-state index in [0.717, 1.165) is 0 Å². The van der Waals surface area contributed by atoms with E-state index in [1.807, 2.05) is 0 Å². The summed E-state index contributed by atoms with van der Waals surface area (Å²) in [6.45, 7) is 1.76. The van der Waals surface area contributed by atoms with E-state index in [9.17, 15) is 4.79 Å². The average molecular weight is 342 g/mol. The van der Waals surface area contributed by atoms with E-state index < -0.39 is 0 Å². The van der Waals surface area contributed by atoms with Crippen molar-refractivity contribution in [3.63, 3.8) is 0 Å². The number of nitrogens with one attached hydrogen (secondary N) is 1. The smallest absolute Gasteiger partial charge is 0.255 e. The molecule has 0 radical (unpaired) electrons. The molecule has 0 saturated heterocycles. The Morgan fingerprint density at radius 1 is 1.04 bits per heavy atom. The summed E-state index contributed by atoms with van der Waals surface area (Å²) in [5.41, 5.74) is 2.25. The first-order valence-corrected chi connectivity index (χ1v) is 7.54. The minimum Gasteiger partial charge on any atom is -0.493 e. The predicted molar refractivity (Wildman–Crippen MR) is 92.8 cm³/mol. The zero-order valence-corrected chi connectivity index (χ0v) is 14.4. The lowest BCUT2D eigenvalue weighted by Gasteiger charge is -2.14. The fraction of sp³-hybridized carbons (Fsp3) is 0.222. The molecule has 0 aliphatic heterocycles. The van der Waals surface area contributed by atoms with Crippen molar-refractivity contribution in [2.45, 2.75) is 6.92 Å². The number of methoxy groups -OCH3 is 3. The van der Waals surface area contributed by atoms with Crippen LogP contribution in [0.15, 0.2) is 34.7 Å². The number of ether oxygens (including phenoxy) is 3. The first-order valence-electron chi connectivity index (χ1n) is 7.54. The van der Waals surface area contributed by atoms with Gasteiger partial charge < -0.3 is 23.9 Å². The highest BCUT2D eigenvalue weighted by Gasteiger charge is 2.16. The normalized spacial score (nSPS) is 10.6. The van der Waals surface area contributed by atoms with E-state index in [1.54, 1.807) is 37.3 Å². The van der Waals surface area contributed by atoms with Crippen LogP contribution in [0, 0.1) is 6.92 Å². The molecule has 1 heterocycles. The van der Waals surface area contributed by atoms with Crippen molar-refractivity contribution in [2.75, 3.05) is 26.6 Å². The first kappa shape index (κ1) is 16.6. The number of benzene rings is 2. The number of hydrogen-bond acceptors (Lipinski definition) is 6. The maximum atomic E-state index is 12.5. The summed E-state index contributed by atoms with van der Waals surface area (Å²) in [7, 11) is 4.55. The van der Waals surface area contributed by atoms with Crippen LogP contribution in [0.1, 0.15) is 16.2 Å². The first-order chi connectivity index (χ1) is 12.0. The van der Waals surface area contributed by atoms with Crippen LogP contribution < -0.4 is 19.5 Å². The molecule has 25 heavy (non-hydrogen) atoms. The quantitative estimate of drug-likeness (QED) is 0.765. The lowest BCUT2D eigenvalue weighted by Crippen LogP contribution is -2.12. The number of amides is 1. The van der Waals surface area contributed by atoms with E-state index >= 15 is 0 Å². The molecule has 0 spiro atoms. The minimum absolute atomic E-state index is 0.287. The second kappa shape index (κ2) is 6.72. The molecule has 0 aliphatic carbocycles. The summed E-state index contributed by atoms with van der Waals surface area (Å²) in [4.78, 5) is 16.7. The molecule has 0 fully saturated rings. The van der Waals surface area contributed by atoms with Gasteiger partial charge in [-0.05, 0) is 18.2 Å². The highest BCUT2D eigenvalue weighted by molar-refractivity contribution is 6.06. The number of carbonyl (C=O) groups is 1. The van der Waals surface area contributed by atoms with Gasteiger partial charge in [-0.25, -0.2) is 4.98 Å². The summed E-state index contributed by atoms with van der Waals surface area (Å²) in [6.07, 6.45) is 0. The number of anilines is 1. The molecule has 1 aromatic heterocycles. The fourth-order valence-corrected chi connectivity index (χ4v) is 2.54. The van der Waals surface area contributed by atoms with Crippen molar-refractivity contribution >= 4 is 22.7 Å². The molecule has 3 rings (SSSR count). The Hall–Kier alpha value is -3.22. The van der Waals surface area contributed by atoms with Crippen molar-refractivity contribution < 1.29 is 23.4 Å². The van der Waals surface area contributed by atoms with Gasteiger partial charge in [-0.3, -0.25) is 4.79 Å². The van der Waals surface area contributed by atoms with Crippen molar-refractivity contribution in [3.05, 3.63) is 41.8 Å². The second-order valence-corrected chi connectivity index (χ2v) is 5.28. The number of carbonyl (C=O) groups excluding carboxylic acids is 1. The van der Waals surface area contributed by atoms with Gasteiger partial charge in [0.15, 0.2) is 23.0 Å². The summed E-state index contributed by atoms with van der Waals surface area (Å²) in [5, 5.41) is 2.81. The third-order valence-electron chi connectivity index (χ3n) is 3.68. The van der Waals surface area contributed by atoms with Gasteiger partial charge in [-0.1, -0.05) is 0 Å². The number of rotatable bonds is 5. The van der Waals surface area contributed by atoms with Crippen molar-refractivity contribution in [1.29, 1.82) is 0 Å². The molecule has 130 valence electrons. The topological polar surface area (TPSA) is 82.8 Å². The Labute approximate surface area is 144 Å². The number of aryl methyl sites for hydroxylation is 1. The zero-order valence-electron chi connectivity index (χ0n) is 14.4. The molecule has 1 amide bonds. The number of nitrogens with zero attached hydrogens (tertiary/aromatic N) is 1. The molecule has 7 nitrogen and oxygen atoms in total. The van der Waals surface area contributed by atoms with Gasteiger partial charge in [0, 0.05) is 30.3 Å². The third kappa shape index (κ3) is 3.21. The molecule has 7 heteroatoms. The SMILES string of the molecule is COc1cc(NC(=O)c2ccc3nc(C)oc3c2)cc(OC)c1OC. The molecule has 0 aliphatic rings. The Bertz CT molecular complexity index is 907. The molecule has 2 aromatic carbocycles. The van der Waals surface area contributed by atoms with Gasteiger partial charge in [-0.2, -0.15) is 0 Å². The molecule has 1 N–H and O–H groups in total. The number of fused-ring (bicyclic) bond motifs is 1. The number of hydrogen-bond donors (Lipinski definition) is 1. The lowest BCUT2D eigenvalue weighted by molar-refractivity contribution is 0.102. The number of oxazole rings is 1. The van der Waals surface area contributed by atoms with Gasteiger partial charge in [0.05, 0.1) is 21.3 Å². The number of aromatic nitrogens is 1. The van der Waals surface area contributed by atoms with Crippen LogP contribution in [0.2, 0.25) is 0 Å². The Balaban J connectivity index is 1.91. The monoisotopic (exact) mass is 342 g/mol. The van der Waals surface area contributed by atoms with Gasteiger partial charge in [0.2, 0.25) is 5.75 Å².